The van der Waals surface area contributed by atoms with Crippen LogP contribution in [0.3, 0.4) is 0 Å². The number of benzene rings is 1. The van der Waals surface area contributed by atoms with Gasteiger partial charge in [0.1, 0.15) is 17.2 Å². The van der Waals surface area contributed by atoms with Crippen molar-refractivity contribution in [2.75, 3.05) is 11.4 Å². The largest absolute Gasteiger partial charge is 0.423 e. The number of aromatic nitrogens is 2. The summed E-state index contributed by atoms with van der Waals surface area (Å²) in [7, 11) is 0. The number of halogens is 1. The van der Waals surface area contributed by atoms with E-state index in [0.717, 1.165) is 24.8 Å². The third-order valence-corrected chi connectivity index (χ3v) is 4.16. The van der Waals surface area contributed by atoms with Crippen molar-refractivity contribution in [3.63, 3.8) is 0 Å². The van der Waals surface area contributed by atoms with Crippen LogP contribution in [-0.4, -0.2) is 27.6 Å². The van der Waals surface area contributed by atoms with E-state index >= 15 is 0 Å². The van der Waals surface area contributed by atoms with Gasteiger partial charge < -0.3 is 4.42 Å². The van der Waals surface area contributed by atoms with E-state index in [2.05, 4.69) is 9.97 Å². The number of pyridine rings is 1. The molecule has 8 heteroatoms. The zero-order valence-corrected chi connectivity index (χ0v) is 14.8. The summed E-state index contributed by atoms with van der Waals surface area (Å²) in [6, 6.07) is 10.8. The molecule has 3 rings (SSSR count). The summed E-state index contributed by atoms with van der Waals surface area (Å²) in [5, 5.41) is 8.48. The SMILES string of the molecule is O=C(CCCCCCN(c1ccc(F)cn1)c1nc2ccccc2o1)NO. The van der Waals surface area contributed by atoms with Crippen LogP contribution in [0.2, 0.25) is 0 Å². The summed E-state index contributed by atoms with van der Waals surface area (Å²) in [6.07, 6.45) is 4.72. The Balaban J connectivity index is 1.67. The van der Waals surface area contributed by atoms with Crippen LogP contribution in [0.1, 0.15) is 32.1 Å². The standard InChI is InChI=1S/C19H21FN4O3/c20-14-10-11-17(21-13-14)24(12-6-2-1-3-9-18(25)23-26)19-22-15-7-4-5-8-16(15)27-19/h4-5,7-8,10-11,13,26H,1-3,6,9,12H2,(H,23,25). The Morgan fingerprint density at radius 3 is 2.70 bits per heavy atom. The number of para-hydroxylation sites is 2. The van der Waals surface area contributed by atoms with Gasteiger partial charge in [0.25, 0.3) is 0 Å². The molecule has 142 valence electrons. The Morgan fingerprint density at radius 2 is 1.96 bits per heavy atom. The van der Waals surface area contributed by atoms with Gasteiger partial charge in [-0.3, -0.25) is 14.9 Å². The summed E-state index contributed by atoms with van der Waals surface area (Å²) in [5.41, 5.74) is 3.05. The van der Waals surface area contributed by atoms with Crippen molar-refractivity contribution in [2.24, 2.45) is 0 Å². The highest BCUT2D eigenvalue weighted by Gasteiger charge is 2.17. The summed E-state index contributed by atoms with van der Waals surface area (Å²) in [5.74, 6) is -0.223. The molecule has 2 N–H and O–H groups in total. The van der Waals surface area contributed by atoms with E-state index in [1.54, 1.807) is 11.5 Å². The lowest BCUT2D eigenvalue weighted by Gasteiger charge is -2.19. The number of rotatable bonds is 9. The van der Waals surface area contributed by atoms with Crippen LogP contribution >= 0.6 is 0 Å². The molecule has 0 spiro atoms. The molecular formula is C19H21FN4O3. The van der Waals surface area contributed by atoms with Gasteiger partial charge in [-0.05, 0) is 37.1 Å². The molecule has 2 heterocycles. The van der Waals surface area contributed by atoms with E-state index in [4.69, 9.17) is 9.62 Å². The predicted molar refractivity (Wildman–Crippen MR) is 98.2 cm³/mol. The Kier molecular flexibility index (Phi) is 6.32. The van der Waals surface area contributed by atoms with E-state index in [1.165, 1.54) is 12.3 Å². The fourth-order valence-electron chi connectivity index (χ4n) is 2.78. The smallest absolute Gasteiger partial charge is 0.304 e. The van der Waals surface area contributed by atoms with Crippen LogP contribution < -0.4 is 10.4 Å². The molecule has 27 heavy (non-hydrogen) atoms. The van der Waals surface area contributed by atoms with Gasteiger partial charge in [0.05, 0.1) is 6.20 Å². The van der Waals surface area contributed by atoms with E-state index in [0.29, 0.717) is 36.8 Å². The number of carbonyl (C=O) groups is 1. The minimum absolute atomic E-state index is 0.296. The fraction of sp³-hybridized carbons (Fsp3) is 0.316. The highest BCUT2D eigenvalue weighted by Crippen LogP contribution is 2.27. The molecule has 0 bridgehead atoms. The van der Waals surface area contributed by atoms with Gasteiger partial charge in [0.15, 0.2) is 5.58 Å². The number of carbonyl (C=O) groups excluding carboxylic acids is 1. The molecule has 0 aliphatic rings. The average molecular weight is 372 g/mol. The van der Waals surface area contributed by atoms with Crippen LogP contribution in [0, 0.1) is 5.82 Å². The number of oxazole rings is 1. The molecule has 0 radical (unpaired) electrons. The summed E-state index contributed by atoms with van der Waals surface area (Å²) in [4.78, 5) is 21.5. The average Bonchev–Trinajstić information content (AvgIpc) is 3.12. The van der Waals surface area contributed by atoms with Gasteiger partial charge in [0.2, 0.25) is 5.91 Å². The Morgan fingerprint density at radius 1 is 1.15 bits per heavy atom. The minimum Gasteiger partial charge on any atom is -0.423 e. The topological polar surface area (TPSA) is 91.5 Å². The predicted octanol–water partition coefficient (Wildman–Crippen LogP) is 3.96. The van der Waals surface area contributed by atoms with Crippen molar-refractivity contribution in [3.8, 4) is 0 Å². The molecule has 1 amide bonds. The number of unbranched alkanes of at least 4 members (excludes halogenated alkanes) is 3. The van der Waals surface area contributed by atoms with Crippen LogP contribution in [0.5, 0.6) is 0 Å². The molecule has 0 saturated carbocycles. The second-order valence-electron chi connectivity index (χ2n) is 6.15. The molecule has 0 saturated heterocycles. The molecule has 0 fully saturated rings. The zero-order valence-electron chi connectivity index (χ0n) is 14.8. The minimum atomic E-state index is -0.404. The molecule has 0 unspecified atom stereocenters. The highest BCUT2D eigenvalue weighted by molar-refractivity contribution is 5.75. The maximum absolute atomic E-state index is 13.2. The summed E-state index contributed by atoms with van der Waals surface area (Å²) in [6.45, 7) is 0.595. The molecule has 1 aromatic carbocycles. The number of anilines is 2. The summed E-state index contributed by atoms with van der Waals surface area (Å²) < 4.78 is 19.1. The summed E-state index contributed by atoms with van der Waals surface area (Å²) >= 11 is 0. The third kappa shape index (κ3) is 5.01. The second-order valence-corrected chi connectivity index (χ2v) is 6.15. The third-order valence-electron chi connectivity index (χ3n) is 4.16. The first kappa shape index (κ1) is 18.8. The van der Waals surface area contributed by atoms with Crippen molar-refractivity contribution < 1.29 is 18.8 Å². The number of fused-ring (bicyclic) bond motifs is 1. The van der Waals surface area contributed by atoms with Crippen LogP contribution in [0.25, 0.3) is 11.1 Å². The number of nitrogens with zero attached hydrogens (tertiary/aromatic N) is 3. The number of nitrogens with one attached hydrogen (secondary N) is 1. The van der Waals surface area contributed by atoms with Crippen molar-refractivity contribution in [1.29, 1.82) is 0 Å². The molecule has 0 aliphatic heterocycles. The lowest BCUT2D eigenvalue weighted by Crippen LogP contribution is -2.20. The first-order valence-corrected chi connectivity index (χ1v) is 8.85. The Labute approximate surface area is 155 Å². The normalized spacial score (nSPS) is 10.9. The monoisotopic (exact) mass is 372 g/mol. The van der Waals surface area contributed by atoms with E-state index in [1.807, 2.05) is 29.2 Å². The van der Waals surface area contributed by atoms with E-state index in [-0.39, 0.29) is 5.91 Å². The number of hydrogen-bond acceptors (Lipinski definition) is 6. The van der Waals surface area contributed by atoms with Crippen molar-refractivity contribution >= 4 is 28.8 Å². The van der Waals surface area contributed by atoms with E-state index in [9.17, 15) is 9.18 Å². The molecular weight excluding hydrogens is 351 g/mol. The lowest BCUT2D eigenvalue weighted by molar-refractivity contribution is -0.129. The van der Waals surface area contributed by atoms with Crippen LogP contribution in [-0.2, 0) is 4.79 Å². The Hall–Kier alpha value is -3.00. The van der Waals surface area contributed by atoms with Gasteiger partial charge in [0, 0.05) is 13.0 Å². The van der Waals surface area contributed by atoms with Gasteiger partial charge in [-0.15, -0.1) is 0 Å². The fourth-order valence-corrected chi connectivity index (χ4v) is 2.78. The van der Waals surface area contributed by atoms with Crippen molar-refractivity contribution in [2.45, 2.75) is 32.1 Å². The number of hydrogen-bond donors (Lipinski definition) is 2. The lowest BCUT2D eigenvalue weighted by atomic mass is 10.1. The number of hydroxylamine groups is 1. The highest BCUT2D eigenvalue weighted by atomic mass is 19.1. The first-order chi connectivity index (χ1) is 13.2. The quantitative estimate of drug-likeness (QED) is 0.336. The van der Waals surface area contributed by atoms with Gasteiger partial charge in [-0.1, -0.05) is 25.0 Å². The van der Waals surface area contributed by atoms with E-state index < -0.39 is 5.82 Å². The van der Waals surface area contributed by atoms with Gasteiger partial charge in [-0.2, -0.15) is 4.98 Å². The molecule has 2 aromatic heterocycles. The van der Waals surface area contributed by atoms with Crippen molar-refractivity contribution in [1.82, 2.24) is 15.4 Å². The van der Waals surface area contributed by atoms with Crippen LogP contribution in [0.15, 0.2) is 47.0 Å². The first-order valence-electron chi connectivity index (χ1n) is 8.85. The second kappa shape index (κ2) is 9.09. The molecule has 0 atom stereocenters. The zero-order chi connectivity index (χ0) is 19.1. The van der Waals surface area contributed by atoms with Crippen molar-refractivity contribution in [3.05, 3.63) is 48.4 Å². The van der Waals surface area contributed by atoms with Gasteiger partial charge >= 0.3 is 6.01 Å². The molecule has 3 aromatic rings. The van der Waals surface area contributed by atoms with Gasteiger partial charge in [-0.25, -0.2) is 14.9 Å². The molecule has 7 nitrogen and oxygen atoms in total. The Bertz CT molecular complexity index is 849. The maximum Gasteiger partial charge on any atom is 0.304 e. The van der Waals surface area contributed by atoms with Crippen LogP contribution in [0.4, 0.5) is 16.2 Å². The number of amides is 1. The maximum atomic E-state index is 13.2. The molecule has 0 aliphatic carbocycles.